The average Bonchev–Trinajstić information content (AvgIpc) is 2.51. The van der Waals surface area contributed by atoms with Gasteiger partial charge in [0, 0.05) is 0 Å². The maximum atomic E-state index is 11.2. The molecule has 2 rings (SSSR count). The molecule has 0 fully saturated rings. The molecule has 5 nitrogen and oxygen atoms in total. The lowest BCUT2D eigenvalue weighted by atomic mass is 10.1. The Morgan fingerprint density at radius 2 is 1.90 bits per heavy atom. The highest BCUT2D eigenvalue weighted by atomic mass is 16.6. The van der Waals surface area contributed by atoms with Crippen LogP contribution in [0.5, 0.6) is 5.75 Å². The van der Waals surface area contributed by atoms with Gasteiger partial charge in [0.1, 0.15) is 6.07 Å². The zero-order valence-corrected chi connectivity index (χ0v) is 11.1. The molecule has 0 saturated heterocycles. The molecule has 0 aliphatic carbocycles. The van der Waals surface area contributed by atoms with Gasteiger partial charge in [0.15, 0.2) is 12.4 Å². The van der Waals surface area contributed by atoms with E-state index in [9.17, 15) is 10.1 Å². The summed E-state index contributed by atoms with van der Waals surface area (Å²) in [5.41, 5.74) is 1.23. The number of nitro groups is 1. The minimum absolute atomic E-state index is 0.0942. The van der Waals surface area contributed by atoms with E-state index in [1.165, 1.54) is 6.07 Å². The smallest absolute Gasteiger partial charge is 0.318 e. The van der Waals surface area contributed by atoms with E-state index in [0.29, 0.717) is 5.56 Å². The Hall–Kier alpha value is -3.13. The van der Waals surface area contributed by atoms with Gasteiger partial charge in [-0.05, 0) is 23.8 Å². The summed E-state index contributed by atoms with van der Waals surface area (Å²) in [6.45, 7) is -0.229. The molecule has 2 aromatic rings. The number of hydrogen-bond donors (Lipinski definition) is 0. The van der Waals surface area contributed by atoms with E-state index in [0.717, 1.165) is 5.56 Å². The summed E-state index contributed by atoms with van der Waals surface area (Å²) in [5.74, 6) is 0.0942. The van der Waals surface area contributed by atoms with Crippen LogP contribution in [0.25, 0.3) is 12.2 Å². The van der Waals surface area contributed by atoms with Crippen LogP contribution in [-0.4, -0.2) is 11.5 Å². The van der Waals surface area contributed by atoms with E-state index in [4.69, 9.17) is 10.00 Å². The van der Waals surface area contributed by atoms with E-state index in [1.54, 1.807) is 30.4 Å². The third-order valence-corrected chi connectivity index (χ3v) is 2.76. The summed E-state index contributed by atoms with van der Waals surface area (Å²) in [6.07, 6.45) is 3.45. The number of nitriles is 1. The lowest BCUT2D eigenvalue weighted by Crippen LogP contribution is -2.00. The standard InChI is InChI=1S/C16H12N2O3/c17-11-12-21-15-8-4-7-14(16(15)18(19)20)10-9-13-5-2-1-3-6-13/h1-10H,12H2. The van der Waals surface area contributed by atoms with Gasteiger partial charge in [-0.1, -0.05) is 42.5 Å². The van der Waals surface area contributed by atoms with Crippen LogP contribution in [0.2, 0.25) is 0 Å². The topological polar surface area (TPSA) is 76.2 Å². The number of rotatable bonds is 5. The average molecular weight is 280 g/mol. The van der Waals surface area contributed by atoms with Gasteiger partial charge < -0.3 is 4.74 Å². The first-order valence-electron chi connectivity index (χ1n) is 6.22. The predicted octanol–water partition coefficient (Wildman–Crippen LogP) is 3.67. The van der Waals surface area contributed by atoms with Crippen LogP contribution < -0.4 is 4.74 Å². The number of para-hydroxylation sites is 1. The van der Waals surface area contributed by atoms with Crippen LogP contribution in [0.4, 0.5) is 5.69 Å². The normalized spacial score (nSPS) is 10.2. The van der Waals surface area contributed by atoms with Crippen molar-refractivity contribution in [3.8, 4) is 11.8 Å². The van der Waals surface area contributed by atoms with Crippen molar-refractivity contribution in [2.45, 2.75) is 0 Å². The first kappa shape index (κ1) is 14.3. The van der Waals surface area contributed by atoms with Crippen molar-refractivity contribution in [1.82, 2.24) is 0 Å². The molecule has 0 spiro atoms. The van der Waals surface area contributed by atoms with Crippen molar-refractivity contribution >= 4 is 17.8 Å². The van der Waals surface area contributed by atoms with Gasteiger partial charge in [-0.2, -0.15) is 5.26 Å². The van der Waals surface area contributed by atoms with E-state index >= 15 is 0 Å². The first-order valence-corrected chi connectivity index (χ1v) is 6.22. The fraction of sp³-hybridized carbons (Fsp3) is 0.0625. The Labute approximate surface area is 121 Å². The second-order valence-electron chi connectivity index (χ2n) is 4.14. The summed E-state index contributed by atoms with van der Waals surface area (Å²) < 4.78 is 5.10. The Kier molecular flexibility index (Phi) is 4.67. The fourth-order valence-corrected chi connectivity index (χ4v) is 1.85. The molecule has 0 amide bonds. The number of nitro benzene ring substituents is 1. The maximum Gasteiger partial charge on any atom is 0.318 e. The van der Waals surface area contributed by atoms with Crippen LogP contribution in [0.1, 0.15) is 11.1 Å². The molecule has 2 aromatic carbocycles. The van der Waals surface area contributed by atoms with Crippen LogP contribution in [0, 0.1) is 21.4 Å². The highest BCUT2D eigenvalue weighted by molar-refractivity contribution is 5.76. The largest absolute Gasteiger partial charge is 0.472 e. The van der Waals surface area contributed by atoms with Gasteiger partial charge in [0.25, 0.3) is 0 Å². The van der Waals surface area contributed by atoms with E-state index in [2.05, 4.69) is 0 Å². The molecular formula is C16H12N2O3. The quantitative estimate of drug-likeness (QED) is 0.475. The third-order valence-electron chi connectivity index (χ3n) is 2.76. The highest BCUT2D eigenvalue weighted by Gasteiger charge is 2.19. The van der Waals surface area contributed by atoms with Crippen molar-refractivity contribution < 1.29 is 9.66 Å². The molecular weight excluding hydrogens is 268 g/mol. The van der Waals surface area contributed by atoms with Crippen LogP contribution in [-0.2, 0) is 0 Å². The summed E-state index contributed by atoms with van der Waals surface area (Å²) in [7, 11) is 0. The molecule has 0 aromatic heterocycles. The van der Waals surface area contributed by atoms with Crippen LogP contribution in [0.15, 0.2) is 48.5 Å². The molecule has 0 radical (unpaired) electrons. The molecule has 0 aliphatic heterocycles. The second-order valence-corrected chi connectivity index (χ2v) is 4.14. The van der Waals surface area contributed by atoms with Crippen molar-refractivity contribution in [2.24, 2.45) is 0 Å². The maximum absolute atomic E-state index is 11.2. The molecule has 0 N–H and O–H groups in total. The van der Waals surface area contributed by atoms with E-state index in [-0.39, 0.29) is 18.0 Å². The fourth-order valence-electron chi connectivity index (χ4n) is 1.85. The number of hydrogen-bond acceptors (Lipinski definition) is 4. The van der Waals surface area contributed by atoms with Gasteiger partial charge >= 0.3 is 5.69 Å². The molecule has 5 heteroatoms. The minimum atomic E-state index is -0.503. The van der Waals surface area contributed by atoms with Crippen LogP contribution in [0.3, 0.4) is 0 Å². The number of nitrogens with zero attached hydrogens (tertiary/aromatic N) is 2. The summed E-state index contributed by atoms with van der Waals surface area (Å²) in [5, 5.41) is 19.7. The number of benzene rings is 2. The van der Waals surface area contributed by atoms with E-state index in [1.807, 2.05) is 30.3 Å². The Morgan fingerprint density at radius 1 is 1.14 bits per heavy atom. The first-order chi connectivity index (χ1) is 10.2. The Balaban J connectivity index is 2.37. The highest BCUT2D eigenvalue weighted by Crippen LogP contribution is 2.32. The summed E-state index contributed by atoms with van der Waals surface area (Å²) in [6, 6.07) is 16.1. The lowest BCUT2D eigenvalue weighted by Gasteiger charge is -2.05. The third kappa shape index (κ3) is 3.67. The van der Waals surface area contributed by atoms with Crippen molar-refractivity contribution in [3.05, 3.63) is 69.8 Å². The SMILES string of the molecule is N#CCOc1cccc(C=Cc2ccccc2)c1[N+](=O)[O-]. The van der Waals surface area contributed by atoms with Gasteiger partial charge in [-0.3, -0.25) is 10.1 Å². The molecule has 0 bridgehead atoms. The van der Waals surface area contributed by atoms with Crippen molar-refractivity contribution in [2.75, 3.05) is 6.61 Å². The predicted molar refractivity (Wildman–Crippen MR) is 79.6 cm³/mol. The summed E-state index contributed by atoms with van der Waals surface area (Å²) in [4.78, 5) is 10.7. The Morgan fingerprint density at radius 3 is 2.57 bits per heavy atom. The minimum Gasteiger partial charge on any atom is -0.472 e. The molecule has 104 valence electrons. The molecule has 0 aliphatic rings. The second kappa shape index (κ2) is 6.87. The Bertz CT molecular complexity index is 703. The van der Waals surface area contributed by atoms with Gasteiger partial charge in [0.05, 0.1) is 10.5 Å². The van der Waals surface area contributed by atoms with E-state index < -0.39 is 4.92 Å². The van der Waals surface area contributed by atoms with Crippen molar-refractivity contribution in [1.29, 1.82) is 5.26 Å². The lowest BCUT2D eigenvalue weighted by molar-refractivity contribution is -0.386. The molecule has 0 atom stereocenters. The number of ether oxygens (including phenoxy) is 1. The zero-order chi connectivity index (χ0) is 15.1. The molecule has 0 saturated carbocycles. The molecule has 21 heavy (non-hydrogen) atoms. The van der Waals surface area contributed by atoms with Crippen LogP contribution >= 0.6 is 0 Å². The van der Waals surface area contributed by atoms with Gasteiger partial charge in [-0.15, -0.1) is 0 Å². The molecule has 0 heterocycles. The van der Waals surface area contributed by atoms with Gasteiger partial charge in [-0.25, -0.2) is 0 Å². The van der Waals surface area contributed by atoms with Crippen molar-refractivity contribution in [3.63, 3.8) is 0 Å². The van der Waals surface area contributed by atoms with Gasteiger partial charge in [0.2, 0.25) is 0 Å². The summed E-state index contributed by atoms with van der Waals surface area (Å²) >= 11 is 0. The zero-order valence-electron chi connectivity index (χ0n) is 11.1. The molecule has 0 unspecified atom stereocenters. The monoisotopic (exact) mass is 280 g/mol.